The van der Waals surface area contributed by atoms with Gasteiger partial charge in [-0.3, -0.25) is 0 Å². The first-order chi connectivity index (χ1) is 8.08. The largest absolute Gasteiger partial charge is 0.344 e. The van der Waals surface area contributed by atoms with Gasteiger partial charge < -0.3 is 4.90 Å². The van der Waals surface area contributed by atoms with Crippen molar-refractivity contribution in [1.82, 2.24) is 4.98 Å². The number of aromatic nitrogens is 1. The number of halogens is 2. The zero-order valence-electron chi connectivity index (χ0n) is 9.52. The molecule has 2 rings (SSSR count). The Morgan fingerprint density at radius 2 is 2.12 bits per heavy atom. The van der Waals surface area contributed by atoms with Crippen molar-refractivity contribution in [2.75, 3.05) is 11.9 Å². The molecule has 0 aliphatic carbocycles. The SMILES string of the molecule is CC(c1cccc(Cl)c1)N(C)c1nc(Cl)cs1. The van der Waals surface area contributed by atoms with Gasteiger partial charge in [-0.25, -0.2) is 4.98 Å². The van der Waals surface area contributed by atoms with Crippen molar-refractivity contribution in [2.24, 2.45) is 0 Å². The van der Waals surface area contributed by atoms with E-state index >= 15 is 0 Å². The Labute approximate surface area is 115 Å². The summed E-state index contributed by atoms with van der Waals surface area (Å²) in [5.41, 5.74) is 1.16. The number of rotatable bonds is 3. The van der Waals surface area contributed by atoms with Gasteiger partial charge in [-0.05, 0) is 24.6 Å². The van der Waals surface area contributed by atoms with Crippen LogP contribution in [0.4, 0.5) is 5.13 Å². The van der Waals surface area contributed by atoms with Crippen LogP contribution in [0.2, 0.25) is 10.2 Å². The second-order valence-electron chi connectivity index (χ2n) is 3.79. The fourth-order valence-electron chi connectivity index (χ4n) is 1.56. The Morgan fingerprint density at radius 3 is 2.71 bits per heavy atom. The zero-order chi connectivity index (χ0) is 12.4. The van der Waals surface area contributed by atoms with Crippen LogP contribution in [0.15, 0.2) is 29.6 Å². The summed E-state index contributed by atoms with van der Waals surface area (Å²) in [5.74, 6) is 0. The smallest absolute Gasteiger partial charge is 0.186 e. The molecule has 0 amide bonds. The van der Waals surface area contributed by atoms with E-state index in [-0.39, 0.29) is 6.04 Å². The lowest BCUT2D eigenvalue weighted by molar-refractivity contribution is 0.737. The first kappa shape index (κ1) is 12.7. The van der Waals surface area contributed by atoms with Crippen molar-refractivity contribution in [3.63, 3.8) is 0 Å². The number of hydrogen-bond acceptors (Lipinski definition) is 3. The summed E-state index contributed by atoms with van der Waals surface area (Å²) in [6.07, 6.45) is 0. The fraction of sp³-hybridized carbons (Fsp3) is 0.250. The molecule has 17 heavy (non-hydrogen) atoms. The fourth-order valence-corrected chi connectivity index (χ4v) is 2.76. The van der Waals surface area contributed by atoms with Crippen LogP contribution in [0.25, 0.3) is 0 Å². The maximum Gasteiger partial charge on any atom is 0.186 e. The van der Waals surface area contributed by atoms with Crippen LogP contribution in [0, 0.1) is 0 Å². The maximum absolute atomic E-state index is 5.99. The quantitative estimate of drug-likeness (QED) is 0.817. The molecular formula is C12H12Cl2N2S. The van der Waals surface area contributed by atoms with Crippen LogP contribution in [-0.4, -0.2) is 12.0 Å². The minimum atomic E-state index is 0.205. The van der Waals surface area contributed by atoms with E-state index in [0.717, 1.165) is 15.7 Å². The third-order valence-electron chi connectivity index (χ3n) is 2.68. The van der Waals surface area contributed by atoms with Gasteiger partial charge in [0.15, 0.2) is 5.13 Å². The average Bonchev–Trinajstić information content (AvgIpc) is 2.74. The Kier molecular flexibility index (Phi) is 3.92. The molecule has 0 N–H and O–H groups in total. The topological polar surface area (TPSA) is 16.1 Å². The number of benzene rings is 1. The first-order valence-electron chi connectivity index (χ1n) is 5.17. The Bertz CT molecular complexity index is 513. The molecule has 2 nitrogen and oxygen atoms in total. The molecule has 1 aromatic heterocycles. The molecule has 90 valence electrons. The monoisotopic (exact) mass is 286 g/mol. The average molecular weight is 287 g/mol. The zero-order valence-corrected chi connectivity index (χ0v) is 11.9. The first-order valence-corrected chi connectivity index (χ1v) is 6.81. The third-order valence-corrected chi connectivity index (χ3v) is 4.17. The molecule has 1 aromatic carbocycles. The summed E-state index contributed by atoms with van der Waals surface area (Å²) in [6, 6.07) is 8.06. The van der Waals surface area contributed by atoms with E-state index < -0.39 is 0 Å². The summed E-state index contributed by atoms with van der Waals surface area (Å²) in [6.45, 7) is 2.11. The van der Waals surface area contributed by atoms with Gasteiger partial charge in [-0.2, -0.15) is 0 Å². The highest BCUT2D eigenvalue weighted by Gasteiger charge is 2.15. The molecule has 0 saturated carbocycles. The van der Waals surface area contributed by atoms with Gasteiger partial charge in [0.05, 0.1) is 6.04 Å². The van der Waals surface area contributed by atoms with E-state index in [9.17, 15) is 0 Å². The Balaban J connectivity index is 2.22. The van der Waals surface area contributed by atoms with Crippen molar-refractivity contribution in [2.45, 2.75) is 13.0 Å². The van der Waals surface area contributed by atoms with E-state index in [1.807, 2.05) is 30.6 Å². The summed E-state index contributed by atoms with van der Waals surface area (Å²) in [5, 5.41) is 4.02. The second-order valence-corrected chi connectivity index (χ2v) is 5.45. The molecule has 2 aromatic rings. The highest BCUT2D eigenvalue weighted by molar-refractivity contribution is 7.14. The number of hydrogen-bond donors (Lipinski definition) is 0. The molecule has 1 heterocycles. The lowest BCUT2D eigenvalue weighted by Gasteiger charge is -2.24. The van der Waals surface area contributed by atoms with Crippen LogP contribution in [-0.2, 0) is 0 Å². The van der Waals surface area contributed by atoms with Gasteiger partial charge >= 0.3 is 0 Å². The van der Waals surface area contributed by atoms with Crippen LogP contribution < -0.4 is 4.90 Å². The van der Waals surface area contributed by atoms with Gasteiger partial charge in [0, 0.05) is 17.5 Å². The van der Waals surface area contributed by atoms with Gasteiger partial charge in [0.2, 0.25) is 0 Å². The molecule has 0 radical (unpaired) electrons. The standard InChI is InChI=1S/C12H12Cl2N2S/c1-8(9-4-3-5-10(13)6-9)16(2)12-15-11(14)7-17-12/h3-8H,1-2H3. The molecule has 0 aliphatic heterocycles. The number of nitrogens with zero attached hydrogens (tertiary/aromatic N) is 2. The molecule has 0 bridgehead atoms. The molecule has 0 saturated heterocycles. The molecule has 5 heteroatoms. The Hall–Kier alpha value is -0.770. The van der Waals surface area contributed by atoms with Crippen LogP contribution in [0.5, 0.6) is 0 Å². The highest BCUT2D eigenvalue weighted by atomic mass is 35.5. The molecule has 1 atom stereocenters. The molecular weight excluding hydrogens is 275 g/mol. The van der Waals surface area contributed by atoms with E-state index in [2.05, 4.69) is 22.9 Å². The minimum Gasteiger partial charge on any atom is -0.344 e. The van der Waals surface area contributed by atoms with E-state index in [1.165, 1.54) is 11.3 Å². The van der Waals surface area contributed by atoms with Crippen molar-refractivity contribution in [3.8, 4) is 0 Å². The van der Waals surface area contributed by atoms with E-state index in [1.54, 1.807) is 0 Å². The summed E-state index contributed by atoms with van der Waals surface area (Å²) in [7, 11) is 2.00. The predicted molar refractivity (Wildman–Crippen MR) is 75.4 cm³/mol. The third kappa shape index (κ3) is 2.92. The van der Waals surface area contributed by atoms with Crippen molar-refractivity contribution in [3.05, 3.63) is 45.4 Å². The van der Waals surface area contributed by atoms with Gasteiger partial charge in [0.1, 0.15) is 5.15 Å². The predicted octanol–water partition coefficient (Wildman–Crippen LogP) is 4.65. The second kappa shape index (κ2) is 5.25. The van der Waals surface area contributed by atoms with E-state index in [0.29, 0.717) is 5.15 Å². The molecule has 0 fully saturated rings. The lowest BCUT2D eigenvalue weighted by Crippen LogP contribution is -2.21. The molecule has 0 aliphatic rings. The minimum absolute atomic E-state index is 0.205. The summed E-state index contributed by atoms with van der Waals surface area (Å²) in [4.78, 5) is 6.34. The molecule has 0 spiro atoms. The number of anilines is 1. The summed E-state index contributed by atoms with van der Waals surface area (Å²) < 4.78 is 0. The Morgan fingerprint density at radius 1 is 1.35 bits per heavy atom. The van der Waals surface area contributed by atoms with Crippen molar-refractivity contribution in [1.29, 1.82) is 0 Å². The maximum atomic E-state index is 5.99. The highest BCUT2D eigenvalue weighted by Crippen LogP contribution is 2.30. The van der Waals surface area contributed by atoms with Crippen LogP contribution >= 0.6 is 34.5 Å². The summed E-state index contributed by atoms with van der Waals surface area (Å²) >= 11 is 13.4. The normalized spacial score (nSPS) is 12.5. The van der Waals surface area contributed by atoms with E-state index in [4.69, 9.17) is 23.2 Å². The van der Waals surface area contributed by atoms with Gasteiger partial charge in [-0.15, -0.1) is 11.3 Å². The van der Waals surface area contributed by atoms with Gasteiger partial charge in [-0.1, -0.05) is 35.3 Å². The molecule has 1 unspecified atom stereocenters. The number of thiazole rings is 1. The van der Waals surface area contributed by atoms with Crippen molar-refractivity contribution < 1.29 is 0 Å². The van der Waals surface area contributed by atoms with Crippen molar-refractivity contribution >= 4 is 39.7 Å². The van der Waals surface area contributed by atoms with Crippen LogP contribution in [0.3, 0.4) is 0 Å². The lowest BCUT2D eigenvalue weighted by atomic mass is 10.1. The van der Waals surface area contributed by atoms with Crippen LogP contribution in [0.1, 0.15) is 18.5 Å². The van der Waals surface area contributed by atoms with Gasteiger partial charge in [0.25, 0.3) is 0 Å².